The maximum Gasteiger partial charge on any atom is 0.271 e. The number of hydrogen-bond donors (Lipinski definition) is 1. The molecular weight excluding hydrogens is 348 g/mol. The fourth-order valence-corrected chi connectivity index (χ4v) is 2.19. The standard InChI is InChI=1S/C17H15ClN2O5/c1-10(21)12-3-5-13(6-4-12)19-17(22)11(2)25-16-8-7-14(20(23)24)9-15(16)18/h3-9,11H,1-2H3,(H,19,22)/t11-/m0/s1. The lowest BCUT2D eigenvalue weighted by molar-refractivity contribution is -0.384. The summed E-state index contributed by atoms with van der Waals surface area (Å²) in [5.41, 5.74) is 0.889. The average Bonchev–Trinajstić information content (AvgIpc) is 2.56. The first-order chi connectivity index (χ1) is 11.8. The molecule has 25 heavy (non-hydrogen) atoms. The molecule has 2 rings (SSSR count). The summed E-state index contributed by atoms with van der Waals surface area (Å²) in [5, 5.41) is 13.4. The van der Waals surface area contributed by atoms with Crippen molar-refractivity contribution in [1.29, 1.82) is 0 Å². The van der Waals surface area contributed by atoms with Gasteiger partial charge in [-0.15, -0.1) is 0 Å². The average molecular weight is 363 g/mol. The van der Waals surface area contributed by atoms with Crippen LogP contribution in [0.2, 0.25) is 5.02 Å². The predicted molar refractivity (Wildman–Crippen MR) is 93.3 cm³/mol. The van der Waals surface area contributed by atoms with E-state index >= 15 is 0 Å². The molecule has 0 spiro atoms. The lowest BCUT2D eigenvalue weighted by atomic mass is 10.1. The minimum atomic E-state index is -0.883. The Morgan fingerprint density at radius 2 is 1.84 bits per heavy atom. The summed E-state index contributed by atoms with van der Waals surface area (Å²) >= 11 is 5.94. The highest BCUT2D eigenvalue weighted by Gasteiger charge is 2.18. The minimum Gasteiger partial charge on any atom is -0.479 e. The highest BCUT2D eigenvalue weighted by Crippen LogP contribution is 2.29. The maximum atomic E-state index is 12.2. The van der Waals surface area contributed by atoms with Gasteiger partial charge in [-0.05, 0) is 44.2 Å². The molecule has 1 atom stereocenters. The van der Waals surface area contributed by atoms with Crippen LogP contribution in [0.1, 0.15) is 24.2 Å². The Balaban J connectivity index is 2.02. The van der Waals surface area contributed by atoms with Crippen molar-refractivity contribution in [3.63, 3.8) is 0 Å². The summed E-state index contributed by atoms with van der Waals surface area (Å²) in [7, 11) is 0. The largest absolute Gasteiger partial charge is 0.479 e. The smallest absolute Gasteiger partial charge is 0.271 e. The van der Waals surface area contributed by atoms with Gasteiger partial charge >= 0.3 is 0 Å². The van der Waals surface area contributed by atoms with E-state index in [-0.39, 0.29) is 22.2 Å². The number of nitrogens with one attached hydrogen (secondary N) is 1. The first-order valence-corrected chi connectivity index (χ1v) is 7.68. The van der Waals surface area contributed by atoms with Crippen molar-refractivity contribution in [2.45, 2.75) is 20.0 Å². The summed E-state index contributed by atoms with van der Waals surface area (Å²) in [6, 6.07) is 10.2. The number of rotatable bonds is 6. The minimum absolute atomic E-state index is 0.0414. The van der Waals surface area contributed by atoms with E-state index < -0.39 is 16.9 Å². The van der Waals surface area contributed by atoms with Gasteiger partial charge in [0, 0.05) is 23.4 Å². The van der Waals surface area contributed by atoms with Gasteiger partial charge in [0.2, 0.25) is 0 Å². The molecule has 0 fully saturated rings. The molecular formula is C17H15ClN2O5. The van der Waals surface area contributed by atoms with Crippen LogP contribution in [0.4, 0.5) is 11.4 Å². The second-order valence-corrected chi connectivity index (χ2v) is 5.66. The highest BCUT2D eigenvalue weighted by molar-refractivity contribution is 6.32. The Morgan fingerprint density at radius 3 is 2.36 bits per heavy atom. The Labute approximate surface area is 148 Å². The van der Waals surface area contributed by atoms with E-state index in [0.717, 1.165) is 6.07 Å². The Bertz CT molecular complexity index is 820. The molecule has 0 unspecified atom stereocenters. The normalized spacial score (nSPS) is 11.5. The summed E-state index contributed by atoms with van der Waals surface area (Å²) in [6.07, 6.45) is -0.883. The molecule has 2 aromatic rings. The van der Waals surface area contributed by atoms with Crippen molar-refractivity contribution < 1.29 is 19.2 Å². The molecule has 0 aliphatic heterocycles. The molecule has 7 nitrogen and oxygen atoms in total. The molecule has 0 aromatic heterocycles. The van der Waals surface area contributed by atoms with E-state index in [2.05, 4.69) is 5.32 Å². The van der Waals surface area contributed by atoms with Crippen LogP contribution in [0.5, 0.6) is 5.75 Å². The number of benzene rings is 2. The van der Waals surface area contributed by atoms with Gasteiger partial charge in [-0.1, -0.05) is 11.6 Å². The number of amides is 1. The van der Waals surface area contributed by atoms with Crippen LogP contribution in [-0.2, 0) is 4.79 Å². The van der Waals surface area contributed by atoms with Crippen LogP contribution in [0, 0.1) is 10.1 Å². The number of carbonyl (C=O) groups is 2. The molecule has 130 valence electrons. The third-order valence-corrected chi connectivity index (χ3v) is 3.65. The monoisotopic (exact) mass is 362 g/mol. The van der Waals surface area contributed by atoms with E-state index in [4.69, 9.17) is 16.3 Å². The third kappa shape index (κ3) is 4.77. The van der Waals surface area contributed by atoms with Crippen molar-refractivity contribution in [3.8, 4) is 5.75 Å². The molecule has 0 saturated carbocycles. The van der Waals surface area contributed by atoms with Crippen LogP contribution in [-0.4, -0.2) is 22.7 Å². The van der Waals surface area contributed by atoms with Gasteiger partial charge < -0.3 is 10.1 Å². The molecule has 0 aliphatic carbocycles. The molecule has 0 bridgehead atoms. The number of ether oxygens (including phenoxy) is 1. The number of nitrogens with zero attached hydrogens (tertiary/aromatic N) is 1. The van der Waals surface area contributed by atoms with Gasteiger partial charge in [0.25, 0.3) is 11.6 Å². The van der Waals surface area contributed by atoms with Gasteiger partial charge in [-0.3, -0.25) is 19.7 Å². The van der Waals surface area contributed by atoms with Gasteiger partial charge in [0.15, 0.2) is 11.9 Å². The zero-order valence-electron chi connectivity index (χ0n) is 13.5. The quantitative estimate of drug-likeness (QED) is 0.478. The first kappa shape index (κ1) is 18.4. The van der Waals surface area contributed by atoms with Crippen LogP contribution in [0.25, 0.3) is 0 Å². The lowest BCUT2D eigenvalue weighted by Gasteiger charge is -2.15. The molecule has 0 saturated heterocycles. The lowest BCUT2D eigenvalue weighted by Crippen LogP contribution is -2.30. The summed E-state index contributed by atoms with van der Waals surface area (Å²) in [5.74, 6) is -0.325. The fourth-order valence-electron chi connectivity index (χ4n) is 1.98. The van der Waals surface area contributed by atoms with Crippen LogP contribution in [0.3, 0.4) is 0 Å². The zero-order valence-corrected chi connectivity index (χ0v) is 14.2. The molecule has 8 heteroatoms. The van der Waals surface area contributed by atoms with Crippen LogP contribution < -0.4 is 10.1 Å². The Hall–Kier alpha value is -2.93. The van der Waals surface area contributed by atoms with Gasteiger partial charge in [-0.25, -0.2) is 0 Å². The SMILES string of the molecule is CC(=O)c1ccc(NC(=O)[C@H](C)Oc2ccc([N+](=O)[O-])cc2Cl)cc1. The van der Waals surface area contributed by atoms with Crippen molar-refractivity contribution in [2.24, 2.45) is 0 Å². The van der Waals surface area contributed by atoms with Gasteiger partial charge in [-0.2, -0.15) is 0 Å². The number of anilines is 1. The van der Waals surface area contributed by atoms with Gasteiger partial charge in [0.1, 0.15) is 5.75 Å². The van der Waals surface area contributed by atoms with E-state index in [1.165, 1.54) is 26.0 Å². The molecule has 1 amide bonds. The Morgan fingerprint density at radius 1 is 1.20 bits per heavy atom. The highest BCUT2D eigenvalue weighted by atomic mass is 35.5. The van der Waals surface area contributed by atoms with E-state index in [1.807, 2.05) is 0 Å². The van der Waals surface area contributed by atoms with E-state index in [0.29, 0.717) is 11.3 Å². The van der Waals surface area contributed by atoms with Gasteiger partial charge in [0.05, 0.1) is 9.95 Å². The second-order valence-electron chi connectivity index (χ2n) is 5.25. The molecule has 0 radical (unpaired) electrons. The first-order valence-electron chi connectivity index (χ1n) is 7.30. The molecule has 0 aliphatic rings. The zero-order chi connectivity index (χ0) is 18.6. The number of halogens is 1. The Kier molecular flexibility index (Phi) is 5.71. The number of nitro groups is 1. The maximum absolute atomic E-state index is 12.2. The number of ketones is 1. The van der Waals surface area contributed by atoms with Crippen molar-refractivity contribution >= 4 is 34.7 Å². The second kappa shape index (κ2) is 7.76. The van der Waals surface area contributed by atoms with Crippen LogP contribution in [0.15, 0.2) is 42.5 Å². The van der Waals surface area contributed by atoms with E-state index in [9.17, 15) is 19.7 Å². The predicted octanol–water partition coefficient (Wildman–Crippen LogP) is 3.86. The topological polar surface area (TPSA) is 98.5 Å². The van der Waals surface area contributed by atoms with Crippen molar-refractivity contribution in [1.82, 2.24) is 0 Å². The third-order valence-electron chi connectivity index (χ3n) is 3.36. The summed E-state index contributed by atoms with van der Waals surface area (Å²) in [4.78, 5) is 33.5. The molecule has 0 heterocycles. The van der Waals surface area contributed by atoms with Crippen molar-refractivity contribution in [3.05, 3.63) is 63.2 Å². The fraction of sp³-hybridized carbons (Fsp3) is 0.176. The summed E-state index contributed by atoms with van der Waals surface area (Å²) in [6.45, 7) is 2.98. The number of nitro benzene ring substituents is 1. The van der Waals surface area contributed by atoms with Crippen molar-refractivity contribution in [2.75, 3.05) is 5.32 Å². The van der Waals surface area contributed by atoms with Crippen LogP contribution >= 0.6 is 11.6 Å². The number of Topliss-reactive ketones (excluding diaryl/α,β-unsaturated/α-hetero) is 1. The molecule has 2 aromatic carbocycles. The van der Waals surface area contributed by atoms with E-state index in [1.54, 1.807) is 24.3 Å². The number of hydrogen-bond acceptors (Lipinski definition) is 5. The number of non-ortho nitro benzene ring substituents is 1. The molecule has 1 N–H and O–H groups in total. The number of carbonyl (C=O) groups excluding carboxylic acids is 2. The summed E-state index contributed by atoms with van der Waals surface area (Å²) < 4.78 is 5.46.